The van der Waals surface area contributed by atoms with Gasteiger partial charge in [0.25, 0.3) is 0 Å². The largest absolute Gasteiger partial charge is 0.316 e. The zero-order valence-electron chi connectivity index (χ0n) is 12.3. The topological polar surface area (TPSA) is 49.4 Å². The Kier molecular flexibility index (Phi) is 4.11. The van der Waals surface area contributed by atoms with Gasteiger partial charge < -0.3 is 5.32 Å². The molecule has 0 aromatic heterocycles. The molecule has 0 bridgehead atoms. The predicted octanol–water partition coefficient (Wildman–Crippen LogP) is 2.09. The smallest absolute Gasteiger partial charge is 0.235 e. The molecule has 4 nitrogen and oxygen atoms in total. The molecule has 20 heavy (non-hydrogen) atoms. The normalized spacial score (nSPS) is 30.2. The lowest BCUT2D eigenvalue weighted by atomic mass is 9.73. The Morgan fingerprint density at radius 3 is 2.65 bits per heavy atom. The van der Waals surface area contributed by atoms with Gasteiger partial charge in [0.2, 0.25) is 11.8 Å². The van der Waals surface area contributed by atoms with Crippen molar-refractivity contribution in [3.05, 3.63) is 0 Å². The van der Waals surface area contributed by atoms with E-state index in [2.05, 4.69) is 5.32 Å². The molecule has 1 aliphatic carbocycles. The molecule has 2 heterocycles. The molecule has 112 valence electrons. The Morgan fingerprint density at radius 2 is 1.95 bits per heavy atom. The molecule has 1 saturated carbocycles. The molecule has 1 atom stereocenters. The van der Waals surface area contributed by atoms with Gasteiger partial charge in [-0.1, -0.05) is 19.3 Å². The first-order chi connectivity index (χ1) is 9.71. The van der Waals surface area contributed by atoms with Gasteiger partial charge in [-0.2, -0.15) is 0 Å². The predicted molar refractivity (Wildman–Crippen MR) is 77.1 cm³/mol. The van der Waals surface area contributed by atoms with E-state index in [1.165, 1.54) is 19.3 Å². The molecular formula is C16H26N2O2. The van der Waals surface area contributed by atoms with Crippen LogP contribution in [0.25, 0.3) is 0 Å². The summed E-state index contributed by atoms with van der Waals surface area (Å²) >= 11 is 0. The standard InChI is InChI=1S/C16H26N2O2/c19-14-11-16(7-2-1-3-8-16)15(20)18(14)10-6-13-5-4-9-17-12-13/h13,17H,1-12H2. The highest BCUT2D eigenvalue weighted by molar-refractivity contribution is 6.05. The monoisotopic (exact) mass is 278 g/mol. The van der Waals surface area contributed by atoms with Gasteiger partial charge in [-0.25, -0.2) is 0 Å². The summed E-state index contributed by atoms with van der Waals surface area (Å²) in [6, 6.07) is 0. The molecule has 3 rings (SSSR count). The second kappa shape index (κ2) is 5.84. The average molecular weight is 278 g/mol. The van der Waals surface area contributed by atoms with Gasteiger partial charge in [0, 0.05) is 13.0 Å². The minimum atomic E-state index is -0.305. The van der Waals surface area contributed by atoms with Gasteiger partial charge in [0.1, 0.15) is 0 Å². The van der Waals surface area contributed by atoms with Crippen molar-refractivity contribution in [3.63, 3.8) is 0 Å². The Hall–Kier alpha value is -0.900. The summed E-state index contributed by atoms with van der Waals surface area (Å²) in [7, 11) is 0. The summed E-state index contributed by atoms with van der Waals surface area (Å²) in [4.78, 5) is 26.5. The zero-order chi connectivity index (χ0) is 14.0. The summed E-state index contributed by atoms with van der Waals surface area (Å²) < 4.78 is 0. The fourth-order valence-corrected chi connectivity index (χ4v) is 4.19. The maximum absolute atomic E-state index is 12.7. The van der Waals surface area contributed by atoms with Gasteiger partial charge in [0.15, 0.2) is 0 Å². The van der Waals surface area contributed by atoms with E-state index in [0.29, 0.717) is 18.9 Å². The Morgan fingerprint density at radius 1 is 1.15 bits per heavy atom. The maximum atomic E-state index is 12.7. The average Bonchev–Trinajstić information content (AvgIpc) is 2.70. The van der Waals surface area contributed by atoms with Crippen LogP contribution in [0.3, 0.4) is 0 Å². The first kappa shape index (κ1) is 14.1. The molecule has 0 aromatic carbocycles. The summed E-state index contributed by atoms with van der Waals surface area (Å²) in [6.07, 6.45) is 9.20. The number of nitrogens with one attached hydrogen (secondary N) is 1. The van der Waals surface area contributed by atoms with Crippen molar-refractivity contribution in [2.75, 3.05) is 19.6 Å². The number of likely N-dealkylation sites (tertiary alicyclic amines) is 1. The second-order valence-corrected chi connectivity index (χ2v) is 6.87. The number of carbonyl (C=O) groups excluding carboxylic acids is 2. The molecule has 1 N–H and O–H groups in total. The first-order valence-corrected chi connectivity index (χ1v) is 8.27. The van der Waals surface area contributed by atoms with E-state index >= 15 is 0 Å². The molecule has 1 unspecified atom stereocenters. The van der Waals surface area contributed by atoms with Crippen molar-refractivity contribution in [3.8, 4) is 0 Å². The molecule has 2 aliphatic heterocycles. The highest BCUT2D eigenvalue weighted by Gasteiger charge is 2.51. The van der Waals surface area contributed by atoms with E-state index in [9.17, 15) is 9.59 Å². The minimum absolute atomic E-state index is 0.0840. The summed E-state index contributed by atoms with van der Waals surface area (Å²) in [5.41, 5.74) is -0.305. The fourth-order valence-electron chi connectivity index (χ4n) is 4.19. The molecule has 3 aliphatic rings. The number of nitrogens with zero attached hydrogens (tertiary/aromatic N) is 1. The van der Waals surface area contributed by atoms with Crippen molar-refractivity contribution < 1.29 is 9.59 Å². The lowest BCUT2D eigenvalue weighted by molar-refractivity contribution is -0.142. The molecule has 3 fully saturated rings. The number of carbonyl (C=O) groups is 2. The number of amides is 2. The van der Waals surface area contributed by atoms with Crippen LogP contribution in [0.1, 0.15) is 57.8 Å². The minimum Gasteiger partial charge on any atom is -0.316 e. The molecular weight excluding hydrogens is 252 g/mol. The van der Waals surface area contributed by atoms with E-state index in [0.717, 1.165) is 45.2 Å². The molecule has 0 radical (unpaired) electrons. The number of hydrogen-bond acceptors (Lipinski definition) is 3. The van der Waals surface area contributed by atoms with Crippen molar-refractivity contribution >= 4 is 11.8 Å². The van der Waals surface area contributed by atoms with Gasteiger partial charge in [0.05, 0.1) is 5.41 Å². The maximum Gasteiger partial charge on any atom is 0.235 e. The van der Waals surface area contributed by atoms with E-state index in [4.69, 9.17) is 0 Å². The Labute approximate surface area is 121 Å². The van der Waals surface area contributed by atoms with Gasteiger partial charge in [-0.15, -0.1) is 0 Å². The third-order valence-corrected chi connectivity index (χ3v) is 5.46. The third kappa shape index (κ3) is 2.62. The van der Waals surface area contributed by atoms with Crippen LogP contribution in [0.4, 0.5) is 0 Å². The van der Waals surface area contributed by atoms with Crippen LogP contribution >= 0.6 is 0 Å². The fraction of sp³-hybridized carbons (Fsp3) is 0.875. The van der Waals surface area contributed by atoms with Gasteiger partial charge in [-0.05, 0) is 51.1 Å². The zero-order valence-corrected chi connectivity index (χ0v) is 12.3. The lowest BCUT2D eigenvalue weighted by Crippen LogP contribution is -2.39. The molecule has 0 aromatic rings. The SMILES string of the molecule is O=C1CC2(CCCCC2)C(=O)N1CCC1CCCNC1. The number of piperidine rings is 1. The van der Waals surface area contributed by atoms with Gasteiger partial charge in [-0.3, -0.25) is 14.5 Å². The lowest BCUT2D eigenvalue weighted by Gasteiger charge is -2.31. The quantitative estimate of drug-likeness (QED) is 0.804. The van der Waals surface area contributed by atoms with E-state index in [1.54, 1.807) is 4.90 Å². The highest BCUT2D eigenvalue weighted by Crippen LogP contribution is 2.45. The van der Waals surface area contributed by atoms with Crippen LogP contribution in [-0.4, -0.2) is 36.3 Å². The summed E-state index contributed by atoms with van der Waals surface area (Å²) in [6.45, 7) is 2.80. The van der Waals surface area contributed by atoms with Crippen LogP contribution in [0.15, 0.2) is 0 Å². The molecule has 1 spiro atoms. The Balaban J connectivity index is 1.58. The second-order valence-electron chi connectivity index (χ2n) is 6.87. The Bertz CT molecular complexity index is 382. The highest BCUT2D eigenvalue weighted by atomic mass is 16.2. The van der Waals surface area contributed by atoms with Crippen LogP contribution in [-0.2, 0) is 9.59 Å². The van der Waals surface area contributed by atoms with E-state index < -0.39 is 0 Å². The molecule has 2 amide bonds. The molecule has 4 heteroatoms. The van der Waals surface area contributed by atoms with Crippen molar-refractivity contribution in [2.45, 2.75) is 57.8 Å². The van der Waals surface area contributed by atoms with E-state index in [-0.39, 0.29) is 17.2 Å². The van der Waals surface area contributed by atoms with Crippen LogP contribution in [0.2, 0.25) is 0 Å². The third-order valence-electron chi connectivity index (χ3n) is 5.46. The van der Waals surface area contributed by atoms with Gasteiger partial charge >= 0.3 is 0 Å². The first-order valence-electron chi connectivity index (χ1n) is 8.27. The van der Waals surface area contributed by atoms with Crippen molar-refractivity contribution in [1.82, 2.24) is 10.2 Å². The van der Waals surface area contributed by atoms with E-state index in [1.807, 2.05) is 0 Å². The number of hydrogen-bond donors (Lipinski definition) is 1. The number of rotatable bonds is 3. The van der Waals surface area contributed by atoms with Crippen LogP contribution in [0.5, 0.6) is 0 Å². The summed E-state index contributed by atoms with van der Waals surface area (Å²) in [5, 5.41) is 3.40. The number of imide groups is 1. The van der Waals surface area contributed by atoms with Crippen LogP contribution < -0.4 is 5.32 Å². The van der Waals surface area contributed by atoms with Crippen LogP contribution in [0, 0.1) is 11.3 Å². The van der Waals surface area contributed by atoms with Crippen molar-refractivity contribution in [2.24, 2.45) is 11.3 Å². The summed E-state index contributed by atoms with van der Waals surface area (Å²) in [5.74, 6) is 0.860. The van der Waals surface area contributed by atoms with Crippen molar-refractivity contribution in [1.29, 1.82) is 0 Å². The molecule has 2 saturated heterocycles.